The number of hydrogen-bond acceptors (Lipinski definition) is 4. The molecule has 0 saturated heterocycles. The summed E-state index contributed by atoms with van der Waals surface area (Å²) < 4.78 is 37.5. The second-order valence-corrected chi connectivity index (χ2v) is 4.90. The molecule has 0 saturated carbocycles. The zero-order chi connectivity index (χ0) is 16.2. The first kappa shape index (κ1) is 16.2. The van der Waals surface area contributed by atoms with Crippen LogP contribution < -0.4 is 16.4 Å². The molecule has 1 aromatic carbocycles. The Balaban J connectivity index is 1.89. The third-order valence-corrected chi connectivity index (χ3v) is 3.15. The summed E-state index contributed by atoms with van der Waals surface area (Å²) in [5.74, 6) is 0.206. The molecule has 0 radical (unpaired) electrons. The molecule has 0 amide bonds. The van der Waals surface area contributed by atoms with E-state index in [2.05, 4.69) is 15.6 Å². The largest absolute Gasteiger partial charge is 0.417 e. The first-order valence-corrected chi connectivity index (χ1v) is 6.80. The number of pyridine rings is 1. The summed E-state index contributed by atoms with van der Waals surface area (Å²) in [5, 5.41) is 5.89. The minimum absolute atomic E-state index is 0.0750. The van der Waals surface area contributed by atoms with Crippen LogP contribution in [0.4, 0.5) is 30.4 Å². The molecule has 22 heavy (non-hydrogen) atoms. The summed E-state index contributed by atoms with van der Waals surface area (Å²) in [7, 11) is 0. The van der Waals surface area contributed by atoms with Crippen LogP contribution in [0.2, 0.25) is 5.02 Å². The monoisotopic (exact) mass is 330 g/mol. The van der Waals surface area contributed by atoms with Crippen molar-refractivity contribution in [3.05, 3.63) is 47.1 Å². The number of nitrogen functional groups attached to an aromatic ring is 1. The lowest BCUT2D eigenvalue weighted by Crippen LogP contribution is -2.15. The fraction of sp³-hybridized carbons (Fsp3) is 0.214. The molecule has 2 rings (SSSR count). The van der Waals surface area contributed by atoms with Gasteiger partial charge in [-0.15, -0.1) is 0 Å². The Bertz CT molecular complexity index is 646. The third kappa shape index (κ3) is 4.17. The van der Waals surface area contributed by atoms with Gasteiger partial charge in [0.05, 0.1) is 22.0 Å². The predicted octanol–water partition coefficient (Wildman–Crippen LogP) is 3.86. The van der Waals surface area contributed by atoms with Crippen molar-refractivity contribution in [1.82, 2.24) is 4.98 Å². The van der Waals surface area contributed by atoms with Crippen molar-refractivity contribution in [2.24, 2.45) is 0 Å². The van der Waals surface area contributed by atoms with Crippen LogP contribution in [0.25, 0.3) is 0 Å². The van der Waals surface area contributed by atoms with Crippen LogP contribution in [0.1, 0.15) is 5.56 Å². The lowest BCUT2D eigenvalue weighted by Gasteiger charge is -2.12. The molecule has 8 heteroatoms. The highest BCUT2D eigenvalue weighted by atomic mass is 35.5. The number of anilines is 3. The molecule has 0 spiro atoms. The number of halogens is 4. The van der Waals surface area contributed by atoms with Gasteiger partial charge in [0.2, 0.25) is 0 Å². The number of hydrogen-bond donors (Lipinski definition) is 3. The van der Waals surface area contributed by atoms with Crippen LogP contribution in [0, 0.1) is 0 Å². The van der Waals surface area contributed by atoms with Crippen LogP contribution in [-0.2, 0) is 6.18 Å². The first-order chi connectivity index (χ1) is 10.4. The average molecular weight is 331 g/mol. The standard InChI is InChI=1S/C14H14ClF3N4/c15-10-7-9(14(16,17)18)8-22-13(10)21-6-5-20-12-4-2-1-3-11(12)19/h1-4,7-8,20H,5-6,19H2,(H,21,22). The number of rotatable bonds is 5. The predicted molar refractivity (Wildman–Crippen MR) is 82.1 cm³/mol. The van der Waals surface area contributed by atoms with Crippen molar-refractivity contribution < 1.29 is 13.2 Å². The van der Waals surface area contributed by atoms with Crippen molar-refractivity contribution in [3.63, 3.8) is 0 Å². The number of nitrogens with zero attached hydrogens (tertiary/aromatic N) is 1. The highest BCUT2D eigenvalue weighted by Crippen LogP contribution is 2.32. The highest BCUT2D eigenvalue weighted by molar-refractivity contribution is 6.32. The van der Waals surface area contributed by atoms with E-state index in [1.54, 1.807) is 6.07 Å². The SMILES string of the molecule is Nc1ccccc1NCCNc1ncc(C(F)(F)F)cc1Cl. The Morgan fingerprint density at radius 2 is 1.82 bits per heavy atom. The van der Waals surface area contributed by atoms with Gasteiger partial charge in [-0.1, -0.05) is 23.7 Å². The lowest BCUT2D eigenvalue weighted by molar-refractivity contribution is -0.137. The second-order valence-electron chi connectivity index (χ2n) is 4.49. The summed E-state index contributed by atoms with van der Waals surface area (Å²) in [6.45, 7) is 0.930. The van der Waals surface area contributed by atoms with Gasteiger partial charge in [0.15, 0.2) is 0 Å². The van der Waals surface area contributed by atoms with Gasteiger partial charge in [0.1, 0.15) is 5.82 Å². The van der Waals surface area contributed by atoms with Crippen LogP contribution >= 0.6 is 11.6 Å². The first-order valence-electron chi connectivity index (χ1n) is 6.43. The van der Waals surface area contributed by atoms with Crippen LogP contribution in [0.15, 0.2) is 36.5 Å². The summed E-state index contributed by atoms with van der Waals surface area (Å²) in [6, 6.07) is 8.12. The molecule has 0 unspecified atom stereocenters. The summed E-state index contributed by atoms with van der Waals surface area (Å²) in [6.07, 6.45) is -3.71. The van der Waals surface area contributed by atoms with E-state index in [1.807, 2.05) is 18.2 Å². The number of aromatic nitrogens is 1. The van der Waals surface area contributed by atoms with Crippen LogP contribution in [0.5, 0.6) is 0 Å². The Hall–Kier alpha value is -2.15. The van der Waals surface area contributed by atoms with Gasteiger partial charge in [0, 0.05) is 19.3 Å². The van der Waals surface area contributed by atoms with E-state index >= 15 is 0 Å². The fourth-order valence-corrected chi connectivity index (χ4v) is 1.99. The van der Waals surface area contributed by atoms with Gasteiger partial charge >= 0.3 is 6.18 Å². The molecule has 0 aliphatic heterocycles. The van der Waals surface area contributed by atoms with E-state index in [0.717, 1.165) is 18.0 Å². The Morgan fingerprint density at radius 1 is 1.14 bits per heavy atom. The van der Waals surface area contributed by atoms with E-state index in [4.69, 9.17) is 17.3 Å². The quantitative estimate of drug-likeness (QED) is 0.575. The molecule has 0 atom stereocenters. The number of benzene rings is 1. The maximum absolute atomic E-state index is 12.5. The van der Waals surface area contributed by atoms with E-state index in [1.165, 1.54) is 0 Å². The van der Waals surface area contributed by atoms with Crippen LogP contribution in [0.3, 0.4) is 0 Å². The zero-order valence-electron chi connectivity index (χ0n) is 11.4. The molecule has 118 valence electrons. The van der Waals surface area contributed by atoms with Crippen molar-refractivity contribution in [2.75, 3.05) is 29.5 Å². The van der Waals surface area contributed by atoms with Gasteiger partial charge in [-0.25, -0.2) is 4.98 Å². The molecule has 0 bridgehead atoms. The smallest absolute Gasteiger partial charge is 0.397 e. The topological polar surface area (TPSA) is 63.0 Å². The Labute approximate surface area is 130 Å². The lowest BCUT2D eigenvalue weighted by atomic mass is 10.2. The molecule has 0 aliphatic carbocycles. The Kier molecular flexibility index (Phi) is 4.97. The maximum Gasteiger partial charge on any atom is 0.417 e. The van der Waals surface area contributed by atoms with Gasteiger partial charge in [-0.05, 0) is 18.2 Å². The molecule has 4 N–H and O–H groups in total. The van der Waals surface area contributed by atoms with Gasteiger partial charge < -0.3 is 16.4 Å². The van der Waals surface area contributed by atoms with Crippen molar-refractivity contribution in [3.8, 4) is 0 Å². The molecule has 2 aromatic rings. The summed E-state index contributed by atoms with van der Waals surface area (Å²) in [4.78, 5) is 3.69. The zero-order valence-corrected chi connectivity index (χ0v) is 12.2. The number of alkyl halides is 3. The Morgan fingerprint density at radius 3 is 2.45 bits per heavy atom. The molecule has 4 nitrogen and oxygen atoms in total. The summed E-state index contributed by atoms with van der Waals surface area (Å²) >= 11 is 5.79. The van der Waals surface area contributed by atoms with Crippen LogP contribution in [-0.4, -0.2) is 18.1 Å². The maximum atomic E-state index is 12.5. The molecular weight excluding hydrogens is 317 g/mol. The molecule has 1 aromatic heterocycles. The number of para-hydroxylation sites is 2. The normalized spacial score (nSPS) is 11.3. The van der Waals surface area contributed by atoms with Crippen molar-refractivity contribution in [2.45, 2.75) is 6.18 Å². The van der Waals surface area contributed by atoms with Gasteiger partial charge in [0.25, 0.3) is 0 Å². The van der Waals surface area contributed by atoms with E-state index in [0.29, 0.717) is 18.8 Å². The molecule has 0 fully saturated rings. The third-order valence-electron chi connectivity index (χ3n) is 2.86. The number of nitrogens with one attached hydrogen (secondary N) is 2. The minimum atomic E-state index is -4.46. The van der Waals surface area contributed by atoms with E-state index < -0.39 is 11.7 Å². The van der Waals surface area contributed by atoms with Gasteiger partial charge in [-0.3, -0.25) is 0 Å². The van der Waals surface area contributed by atoms with E-state index in [9.17, 15) is 13.2 Å². The highest BCUT2D eigenvalue weighted by Gasteiger charge is 2.31. The minimum Gasteiger partial charge on any atom is -0.397 e. The summed E-state index contributed by atoms with van der Waals surface area (Å²) in [5.41, 5.74) is 6.30. The van der Waals surface area contributed by atoms with Crippen molar-refractivity contribution in [1.29, 1.82) is 0 Å². The molecule has 0 aliphatic rings. The average Bonchev–Trinajstić information content (AvgIpc) is 2.45. The van der Waals surface area contributed by atoms with Gasteiger partial charge in [-0.2, -0.15) is 13.2 Å². The number of nitrogens with two attached hydrogens (primary N) is 1. The molecule has 1 heterocycles. The molecular formula is C14H14ClF3N4. The van der Waals surface area contributed by atoms with E-state index in [-0.39, 0.29) is 10.8 Å². The second kappa shape index (κ2) is 6.74. The van der Waals surface area contributed by atoms with Crippen molar-refractivity contribution >= 4 is 28.8 Å². The fourth-order valence-electron chi connectivity index (χ4n) is 1.76.